The molecule has 0 aliphatic rings. The fourth-order valence-corrected chi connectivity index (χ4v) is 1.25. The van der Waals surface area contributed by atoms with Gasteiger partial charge in [0.2, 0.25) is 0 Å². The van der Waals surface area contributed by atoms with Crippen molar-refractivity contribution in [2.45, 2.75) is 6.10 Å². The molecule has 0 aliphatic carbocycles. The molecule has 0 heterocycles. The summed E-state index contributed by atoms with van der Waals surface area (Å²) in [6.45, 7) is 0. The molecule has 1 rings (SSSR count). The largest absolute Gasteiger partial charge is 0.497 e. The standard InChI is InChI=1S/C10H14N2O3.ClH/c1-14-8-5-3-7(4-6-8)9(15-2)10(13)12-11;/h3-6,9H,11H2,1-2H3,(H,12,13);1H. The van der Waals surface area contributed by atoms with Crippen LogP contribution in [0.4, 0.5) is 0 Å². The molecule has 16 heavy (non-hydrogen) atoms. The Morgan fingerprint density at radius 2 is 1.88 bits per heavy atom. The molecule has 1 atom stereocenters. The van der Waals surface area contributed by atoms with Crippen molar-refractivity contribution in [3.63, 3.8) is 0 Å². The third-order valence-electron chi connectivity index (χ3n) is 2.03. The van der Waals surface area contributed by atoms with Gasteiger partial charge in [-0.1, -0.05) is 12.1 Å². The van der Waals surface area contributed by atoms with Crippen LogP contribution in [-0.2, 0) is 9.53 Å². The van der Waals surface area contributed by atoms with Crippen molar-refractivity contribution in [2.24, 2.45) is 5.84 Å². The van der Waals surface area contributed by atoms with Crippen LogP contribution in [0, 0.1) is 0 Å². The highest BCUT2D eigenvalue weighted by Gasteiger charge is 2.18. The zero-order valence-corrected chi connectivity index (χ0v) is 9.91. The van der Waals surface area contributed by atoms with Crippen LogP contribution in [0.15, 0.2) is 24.3 Å². The molecule has 0 fully saturated rings. The molecule has 1 amide bonds. The second-order valence-corrected chi connectivity index (χ2v) is 2.90. The molecule has 5 nitrogen and oxygen atoms in total. The van der Waals surface area contributed by atoms with Gasteiger partial charge in [-0.05, 0) is 17.7 Å². The lowest BCUT2D eigenvalue weighted by Crippen LogP contribution is -2.35. The number of halogens is 1. The molecule has 6 heteroatoms. The summed E-state index contributed by atoms with van der Waals surface area (Å²) in [4.78, 5) is 11.3. The molecule has 0 radical (unpaired) electrons. The van der Waals surface area contributed by atoms with E-state index in [0.717, 1.165) is 11.3 Å². The SMILES string of the molecule is COc1ccc(C(OC)C(=O)NN)cc1.Cl. The van der Waals surface area contributed by atoms with Gasteiger partial charge >= 0.3 is 0 Å². The van der Waals surface area contributed by atoms with Gasteiger partial charge in [-0.15, -0.1) is 12.4 Å². The summed E-state index contributed by atoms with van der Waals surface area (Å²) in [5.41, 5.74) is 2.77. The fraction of sp³-hybridized carbons (Fsp3) is 0.300. The van der Waals surface area contributed by atoms with Crippen molar-refractivity contribution in [2.75, 3.05) is 14.2 Å². The van der Waals surface area contributed by atoms with Crippen molar-refractivity contribution < 1.29 is 14.3 Å². The zero-order valence-electron chi connectivity index (χ0n) is 9.10. The molecule has 0 saturated carbocycles. The minimum atomic E-state index is -0.694. The monoisotopic (exact) mass is 246 g/mol. The molecule has 0 aromatic heterocycles. The summed E-state index contributed by atoms with van der Waals surface area (Å²) in [7, 11) is 3.03. The highest BCUT2D eigenvalue weighted by atomic mass is 35.5. The van der Waals surface area contributed by atoms with Gasteiger partial charge in [0.25, 0.3) is 5.91 Å². The van der Waals surface area contributed by atoms with Crippen molar-refractivity contribution in [3.05, 3.63) is 29.8 Å². The molecule has 1 aromatic rings. The van der Waals surface area contributed by atoms with E-state index in [0.29, 0.717) is 0 Å². The van der Waals surface area contributed by atoms with Crippen LogP contribution in [-0.4, -0.2) is 20.1 Å². The number of hydrogen-bond donors (Lipinski definition) is 2. The number of carbonyl (C=O) groups is 1. The van der Waals surface area contributed by atoms with E-state index in [2.05, 4.69) is 0 Å². The smallest absolute Gasteiger partial charge is 0.267 e. The van der Waals surface area contributed by atoms with Gasteiger partial charge in [0.15, 0.2) is 6.10 Å². The molecule has 90 valence electrons. The van der Waals surface area contributed by atoms with E-state index in [1.807, 2.05) is 5.43 Å². The highest BCUT2D eigenvalue weighted by Crippen LogP contribution is 2.19. The molecule has 1 aromatic carbocycles. The second kappa shape index (κ2) is 7.05. The predicted octanol–water partition coefficient (Wildman–Crippen LogP) is 0.794. The predicted molar refractivity (Wildman–Crippen MR) is 62.3 cm³/mol. The quantitative estimate of drug-likeness (QED) is 0.468. The van der Waals surface area contributed by atoms with Gasteiger partial charge in [0, 0.05) is 7.11 Å². The van der Waals surface area contributed by atoms with Crippen LogP contribution in [0.1, 0.15) is 11.7 Å². The Morgan fingerprint density at radius 3 is 2.25 bits per heavy atom. The minimum absolute atomic E-state index is 0. The molecular weight excluding hydrogens is 232 g/mol. The van der Waals surface area contributed by atoms with Crippen LogP contribution in [0.2, 0.25) is 0 Å². The van der Waals surface area contributed by atoms with E-state index in [9.17, 15) is 4.79 Å². The lowest BCUT2D eigenvalue weighted by Gasteiger charge is -2.13. The van der Waals surface area contributed by atoms with Crippen molar-refractivity contribution >= 4 is 18.3 Å². The van der Waals surface area contributed by atoms with Crippen LogP contribution >= 0.6 is 12.4 Å². The maximum absolute atomic E-state index is 11.3. The van der Waals surface area contributed by atoms with Gasteiger partial charge in [-0.3, -0.25) is 10.2 Å². The van der Waals surface area contributed by atoms with Gasteiger partial charge in [0.1, 0.15) is 5.75 Å². The summed E-state index contributed by atoms with van der Waals surface area (Å²) in [5, 5.41) is 0. The minimum Gasteiger partial charge on any atom is -0.497 e. The average molecular weight is 247 g/mol. The number of nitrogens with one attached hydrogen (secondary N) is 1. The van der Waals surface area contributed by atoms with E-state index in [4.69, 9.17) is 15.3 Å². The Hall–Kier alpha value is -1.30. The topological polar surface area (TPSA) is 73.6 Å². The summed E-state index contributed by atoms with van der Waals surface area (Å²) in [5.74, 6) is 5.38. The van der Waals surface area contributed by atoms with Gasteiger partial charge < -0.3 is 9.47 Å². The number of methoxy groups -OCH3 is 2. The van der Waals surface area contributed by atoms with Crippen molar-refractivity contribution in [3.8, 4) is 5.75 Å². The second-order valence-electron chi connectivity index (χ2n) is 2.90. The maximum atomic E-state index is 11.3. The first kappa shape index (κ1) is 14.7. The van der Waals surface area contributed by atoms with E-state index >= 15 is 0 Å². The molecular formula is C10H15ClN2O3. The molecule has 3 N–H and O–H groups in total. The Kier molecular flexibility index (Phi) is 6.48. The molecule has 1 unspecified atom stereocenters. The normalized spacial score (nSPS) is 11.2. The lowest BCUT2D eigenvalue weighted by molar-refractivity contribution is -0.131. The van der Waals surface area contributed by atoms with Crippen molar-refractivity contribution in [1.82, 2.24) is 5.43 Å². The number of ether oxygens (including phenoxy) is 2. The number of hydrazine groups is 1. The number of carbonyl (C=O) groups excluding carboxylic acids is 1. The first-order chi connectivity index (χ1) is 7.22. The average Bonchev–Trinajstić information content (AvgIpc) is 2.30. The number of hydrogen-bond acceptors (Lipinski definition) is 4. The van der Waals surface area contributed by atoms with Gasteiger partial charge in [0.05, 0.1) is 7.11 Å². The molecule has 0 bridgehead atoms. The summed E-state index contributed by atoms with van der Waals surface area (Å²) >= 11 is 0. The molecule has 0 saturated heterocycles. The van der Waals surface area contributed by atoms with E-state index in [1.165, 1.54) is 7.11 Å². The van der Waals surface area contributed by atoms with E-state index < -0.39 is 6.10 Å². The first-order valence-corrected chi connectivity index (χ1v) is 4.40. The Labute approximate surface area is 100 Å². The van der Waals surface area contributed by atoms with Gasteiger partial charge in [-0.2, -0.15) is 0 Å². The van der Waals surface area contributed by atoms with Crippen LogP contribution in [0.5, 0.6) is 5.75 Å². The Balaban J connectivity index is 0.00000225. The highest BCUT2D eigenvalue weighted by molar-refractivity contribution is 5.85. The number of rotatable bonds is 4. The zero-order chi connectivity index (χ0) is 11.3. The van der Waals surface area contributed by atoms with Gasteiger partial charge in [-0.25, -0.2) is 5.84 Å². The first-order valence-electron chi connectivity index (χ1n) is 4.40. The lowest BCUT2D eigenvalue weighted by atomic mass is 10.1. The molecule has 0 aliphatic heterocycles. The van der Waals surface area contributed by atoms with Crippen LogP contribution < -0.4 is 16.0 Å². The van der Waals surface area contributed by atoms with Crippen LogP contribution in [0.3, 0.4) is 0 Å². The fourth-order valence-electron chi connectivity index (χ4n) is 1.25. The Bertz CT molecular complexity index is 329. The van der Waals surface area contributed by atoms with Crippen LogP contribution in [0.25, 0.3) is 0 Å². The number of amides is 1. The number of benzene rings is 1. The van der Waals surface area contributed by atoms with E-state index in [1.54, 1.807) is 31.4 Å². The third kappa shape index (κ3) is 3.37. The van der Waals surface area contributed by atoms with Crippen molar-refractivity contribution in [1.29, 1.82) is 0 Å². The maximum Gasteiger partial charge on any atom is 0.267 e. The summed E-state index contributed by atoms with van der Waals surface area (Å²) in [6, 6.07) is 7.01. The molecule has 0 spiro atoms. The number of nitrogens with two attached hydrogens (primary N) is 1. The summed E-state index contributed by atoms with van der Waals surface area (Å²) in [6.07, 6.45) is -0.694. The third-order valence-corrected chi connectivity index (χ3v) is 2.03. The summed E-state index contributed by atoms with van der Waals surface area (Å²) < 4.78 is 10.0. The Morgan fingerprint density at radius 1 is 1.31 bits per heavy atom. The van der Waals surface area contributed by atoms with E-state index in [-0.39, 0.29) is 18.3 Å².